The highest BCUT2D eigenvalue weighted by Gasteiger charge is 2.28. The van der Waals surface area contributed by atoms with Gasteiger partial charge in [0.2, 0.25) is 0 Å². The van der Waals surface area contributed by atoms with Crippen LogP contribution in [-0.4, -0.2) is 68.6 Å². The molecule has 1 aromatic carbocycles. The Morgan fingerprint density at radius 3 is 2.51 bits per heavy atom. The zero-order chi connectivity index (χ0) is 26.1. The minimum atomic E-state index is -0.385. The molecule has 0 atom stereocenters. The highest BCUT2D eigenvalue weighted by atomic mass is 35.5. The number of piperidine rings is 1. The van der Waals surface area contributed by atoms with Gasteiger partial charge in [-0.15, -0.1) is 0 Å². The summed E-state index contributed by atoms with van der Waals surface area (Å²) in [4.78, 5) is 37.2. The van der Waals surface area contributed by atoms with E-state index >= 15 is 4.39 Å². The number of hydrogen-bond donors (Lipinski definition) is 0. The fourth-order valence-corrected chi connectivity index (χ4v) is 5.47. The van der Waals surface area contributed by atoms with Crippen molar-refractivity contribution in [1.29, 1.82) is 0 Å². The molecule has 0 saturated carbocycles. The van der Waals surface area contributed by atoms with E-state index in [0.717, 1.165) is 31.5 Å². The summed E-state index contributed by atoms with van der Waals surface area (Å²) in [6.45, 7) is 6.27. The molecule has 196 valence electrons. The Hall–Kier alpha value is -3.20. The second-order valence-electron chi connectivity index (χ2n) is 10.0. The van der Waals surface area contributed by atoms with Crippen LogP contribution in [0.1, 0.15) is 67.2 Å². The van der Waals surface area contributed by atoms with E-state index in [9.17, 15) is 9.59 Å². The number of likely N-dealkylation sites (tertiary alicyclic amines) is 2. The molecule has 0 radical (unpaired) electrons. The number of aromatic nitrogens is 3. The molecule has 0 spiro atoms. The van der Waals surface area contributed by atoms with Gasteiger partial charge in [-0.1, -0.05) is 17.7 Å². The van der Waals surface area contributed by atoms with Gasteiger partial charge in [-0.3, -0.25) is 4.79 Å². The van der Waals surface area contributed by atoms with Crippen LogP contribution in [0.4, 0.5) is 9.18 Å². The number of halogens is 2. The minimum Gasteiger partial charge on any atom is -0.447 e. The molecular weight excluding hydrogens is 497 g/mol. The average molecular weight is 528 g/mol. The topological polar surface area (TPSA) is 80.6 Å². The molecule has 10 heteroatoms. The normalized spacial score (nSPS) is 16.7. The Bertz CT molecular complexity index is 1310. The first-order chi connectivity index (χ1) is 17.8. The maximum Gasteiger partial charge on any atom is 0.410 e. The maximum absolute atomic E-state index is 15.2. The van der Waals surface area contributed by atoms with E-state index in [4.69, 9.17) is 16.3 Å². The summed E-state index contributed by atoms with van der Waals surface area (Å²) in [5.41, 5.74) is 2.40. The predicted molar refractivity (Wildman–Crippen MR) is 138 cm³/mol. The van der Waals surface area contributed by atoms with Gasteiger partial charge in [0, 0.05) is 55.4 Å². The van der Waals surface area contributed by atoms with Crippen molar-refractivity contribution in [3.8, 4) is 0 Å². The van der Waals surface area contributed by atoms with Crippen molar-refractivity contribution in [2.24, 2.45) is 0 Å². The first kappa shape index (κ1) is 25.4. The van der Waals surface area contributed by atoms with Crippen LogP contribution in [0, 0.1) is 5.82 Å². The lowest BCUT2D eigenvalue weighted by atomic mass is 10.0. The molecule has 4 heterocycles. The number of rotatable bonds is 5. The molecule has 37 heavy (non-hydrogen) atoms. The Labute approximate surface area is 220 Å². The molecule has 2 aliphatic rings. The standard InChI is InChI=1S/C27H31ClFN5O3/c1-17(2)37-27(36)33-11-7-20(8-12-33)34-15-22(29)24-23(30-16-31-25(24)34)14-18-5-6-19(13-21(18)28)26(35)32-9-3-4-10-32/h5-6,13,15-17,20H,3-4,7-12,14H2,1-2H3. The molecule has 2 aromatic heterocycles. The lowest BCUT2D eigenvalue weighted by Gasteiger charge is -2.32. The molecule has 8 nitrogen and oxygen atoms in total. The Morgan fingerprint density at radius 1 is 1.11 bits per heavy atom. The Morgan fingerprint density at radius 2 is 1.84 bits per heavy atom. The van der Waals surface area contributed by atoms with Crippen LogP contribution in [0.5, 0.6) is 0 Å². The van der Waals surface area contributed by atoms with Crippen LogP contribution in [0.3, 0.4) is 0 Å². The fraction of sp³-hybridized carbons (Fsp3) is 0.481. The zero-order valence-electron chi connectivity index (χ0n) is 21.1. The second kappa shape index (κ2) is 10.7. The molecule has 2 saturated heterocycles. The smallest absolute Gasteiger partial charge is 0.410 e. The second-order valence-corrected chi connectivity index (χ2v) is 10.4. The Balaban J connectivity index is 1.34. The van der Waals surface area contributed by atoms with Gasteiger partial charge in [0.05, 0.1) is 17.2 Å². The highest BCUT2D eigenvalue weighted by molar-refractivity contribution is 6.31. The van der Waals surface area contributed by atoms with Gasteiger partial charge in [-0.05, 0) is 57.2 Å². The molecule has 2 aliphatic heterocycles. The zero-order valence-corrected chi connectivity index (χ0v) is 21.9. The van der Waals surface area contributed by atoms with Gasteiger partial charge < -0.3 is 19.1 Å². The van der Waals surface area contributed by atoms with E-state index in [1.165, 1.54) is 12.5 Å². The van der Waals surface area contributed by atoms with Crippen molar-refractivity contribution < 1.29 is 18.7 Å². The van der Waals surface area contributed by atoms with Crippen LogP contribution >= 0.6 is 11.6 Å². The van der Waals surface area contributed by atoms with Gasteiger partial charge in [0.1, 0.15) is 12.0 Å². The van der Waals surface area contributed by atoms with E-state index < -0.39 is 0 Å². The van der Waals surface area contributed by atoms with Crippen molar-refractivity contribution >= 4 is 34.6 Å². The van der Waals surface area contributed by atoms with Gasteiger partial charge >= 0.3 is 6.09 Å². The molecule has 0 aliphatic carbocycles. The number of amides is 2. The number of hydrogen-bond acceptors (Lipinski definition) is 5. The number of ether oxygens (including phenoxy) is 1. The van der Waals surface area contributed by atoms with E-state index in [-0.39, 0.29) is 30.0 Å². The molecule has 2 amide bonds. The minimum absolute atomic E-state index is 0.0114. The third-order valence-electron chi connectivity index (χ3n) is 7.15. The number of benzene rings is 1. The van der Waals surface area contributed by atoms with Gasteiger partial charge in [0.25, 0.3) is 5.91 Å². The van der Waals surface area contributed by atoms with E-state index in [0.29, 0.717) is 59.7 Å². The molecule has 0 bridgehead atoms. The van der Waals surface area contributed by atoms with Crippen LogP contribution < -0.4 is 0 Å². The fourth-order valence-electron chi connectivity index (χ4n) is 5.22. The summed E-state index contributed by atoms with van der Waals surface area (Å²) in [7, 11) is 0. The molecular formula is C27H31ClFN5O3. The summed E-state index contributed by atoms with van der Waals surface area (Å²) in [5.74, 6) is -0.397. The molecule has 0 unspecified atom stereocenters. The predicted octanol–water partition coefficient (Wildman–Crippen LogP) is 5.23. The van der Waals surface area contributed by atoms with Gasteiger partial charge in [-0.2, -0.15) is 0 Å². The summed E-state index contributed by atoms with van der Waals surface area (Å²) in [5, 5.41) is 0.828. The summed E-state index contributed by atoms with van der Waals surface area (Å²) >= 11 is 6.56. The highest BCUT2D eigenvalue weighted by Crippen LogP contribution is 2.31. The molecule has 5 rings (SSSR count). The van der Waals surface area contributed by atoms with Crippen molar-refractivity contribution in [1.82, 2.24) is 24.3 Å². The van der Waals surface area contributed by atoms with Gasteiger partial charge in [0.15, 0.2) is 5.82 Å². The quantitative estimate of drug-likeness (QED) is 0.454. The molecule has 0 N–H and O–H groups in total. The molecule has 2 fully saturated rings. The summed E-state index contributed by atoms with van der Waals surface area (Å²) in [6.07, 6.45) is 6.16. The van der Waals surface area contributed by atoms with Gasteiger partial charge in [-0.25, -0.2) is 19.2 Å². The first-order valence-corrected chi connectivity index (χ1v) is 13.2. The van der Waals surface area contributed by atoms with Crippen molar-refractivity contribution in [3.63, 3.8) is 0 Å². The van der Waals surface area contributed by atoms with Crippen LogP contribution in [0.25, 0.3) is 11.0 Å². The van der Waals surface area contributed by atoms with E-state index in [1.54, 1.807) is 17.0 Å². The summed E-state index contributed by atoms with van der Waals surface area (Å²) in [6, 6.07) is 5.30. The lowest BCUT2D eigenvalue weighted by Crippen LogP contribution is -2.40. The van der Waals surface area contributed by atoms with Crippen molar-refractivity contribution in [2.75, 3.05) is 26.2 Å². The Kier molecular flexibility index (Phi) is 7.33. The molecule has 3 aromatic rings. The number of fused-ring (bicyclic) bond motifs is 1. The largest absolute Gasteiger partial charge is 0.447 e. The third kappa shape index (κ3) is 5.28. The summed E-state index contributed by atoms with van der Waals surface area (Å²) < 4.78 is 22.4. The van der Waals surface area contributed by atoms with Crippen LogP contribution in [0.15, 0.2) is 30.7 Å². The number of carbonyl (C=O) groups is 2. The van der Waals surface area contributed by atoms with Crippen molar-refractivity contribution in [2.45, 2.75) is 58.1 Å². The number of nitrogens with zero attached hydrogens (tertiary/aromatic N) is 5. The van der Waals surface area contributed by atoms with E-state index in [1.807, 2.05) is 29.4 Å². The van der Waals surface area contributed by atoms with Crippen LogP contribution in [-0.2, 0) is 11.2 Å². The lowest BCUT2D eigenvalue weighted by molar-refractivity contribution is 0.0662. The number of carbonyl (C=O) groups excluding carboxylic acids is 2. The SMILES string of the molecule is CC(C)OC(=O)N1CCC(n2cc(F)c3c(Cc4ccc(C(=O)N5CCCC5)cc4Cl)ncnc32)CC1. The van der Waals surface area contributed by atoms with Crippen molar-refractivity contribution in [3.05, 3.63) is 58.4 Å². The average Bonchev–Trinajstić information content (AvgIpc) is 3.53. The van der Waals surface area contributed by atoms with E-state index in [2.05, 4.69) is 9.97 Å². The maximum atomic E-state index is 15.2. The van der Waals surface area contributed by atoms with Crippen LogP contribution in [0.2, 0.25) is 5.02 Å². The monoisotopic (exact) mass is 527 g/mol. The first-order valence-electron chi connectivity index (χ1n) is 12.8. The third-order valence-corrected chi connectivity index (χ3v) is 7.50.